The molecular weight excluding hydrogens is 262 g/mol. The molecule has 0 fully saturated rings. The predicted molar refractivity (Wildman–Crippen MR) is 73.5 cm³/mol. The molecule has 0 amide bonds. The molecule has 0 atom stereocenters. The summed E-state index contributed by atoms with van der Waals surface area (Å²) in [6, 6.07) is 8.85. The normalized spacial score (nSPS) is 10.5. The fourth-order valence-corrected chi connectivity index (χ4v) is 2.06. The van der Waals surface area contributed by atoms with Crippen LogP contribution in [0.25, 0.3) is 22.6 Å². The molecule has 6 heteroatoms. The van der Waals surface area contributed by atoms with Crippen molar-refractivity contribution in [1.82, 2.24) is 15.0 Å². The minimum atomic E-state index is 0.502. The van der Waals surface area contributed by atoms with E-state index in [-0.39, 0.29) is 0 Å². The second-order valence-corrected chi connectivity index (χ2v) is 4.46. The molecule has 2 heterocycles. The SMILES string of the molecule is N#Cc1ccc(-c2nc3c(N)cc(Cl)cc3[nH]2)nc1. The van der Waals surface area contributed by atoms with Crippen LogP contribution in [0.3, 0.4) is 0 Å². The number of hydrogen-bond donors (Lipinski definition) is 2. The van der Waals surface area contributed by atoms with Gasteiger partial charge in [-0.25, -0.2) is 4.98 Å². The first kappa shape index (κ1) is 11.5. The van der Waals surface area contributed by atoms with E-state index < -0.39 is 0 Å². The van der Waals surface area contributed by atoms with Crippen molar-refractivity contribution in [2.24, 2.45) is 0 Å². The van der Waals surface area contributed by atoms with Crippen molar-refractivity contribution in [2.45, 2.75) is 0 Å². The van der Waals surface area contributed by atoms with Gasteiger partial charge in [-0.1, -0.05) is 11.6 Å². The molecule has 3 aromatic rings. The summed E-state index contributed by atoms with van der Waals surface area (Å²) >= 11 is 5.94. The van der Waals surface area contributed by atoms with Crippen LogP contribution in [0.1, 0.15) is 5.56 Å². The van der Waals surface area contributed by atoms with E-state index in [0.29, 0.717) is 33.3 Å². The number of benzene rings is 1. The van der Waals surface area contributed by atoms with Gasteiger partial charge in [0.2, 0.25) is 0 Å². The number of nitrogens with two attached hydrogens (primary N) is 1. The topological polar surface area (TPSA) is 91.4 Å². The van der Waals surface area contributed by atoms with Crippen LogP contribution < -0.4 is 5.73 Å². The van der Waals surface area contributed by atoms with Crippen molar-refractivity contribution < 1.29 is 0 Å². The summed E-state index contributed by atoms with van der Waals surface area (Å²) in [5, 5.41) is 9.28. The Bertz CT molecular complexity index is 798. The van der Waals surface area contributed by atoms with Crippen LogP contribution in [-0.4, -0.2) is 15.0 Å². The molecule has 2 aromatic heterocycles. The van der Waals surface area contributed by atoms with Crippen LogP contribution >= 0.6 is 11.6 Å². The van der Waals surface area contributed by atoms with Gasteiger partial charge < -0.3 is 10.7 Å². The third kappa shape index (κ3) is 1.98. The number of nitrogen functional groups attached to an aromatic ring is 1. The van der Waals surface area contributed by atoms with Crippen LogP contribution in [-0.2, 0) is 0 Å². The summed E-state index contributed by atoms with van der Waals surface area (Å²) in [5.41, 5.74) is 8.94. The van der Waals surface area contributed by atoms with Gasteiger partial charge >= 0.3 is 0 Å². The van der Waals surface area contributed by atoms with E-state index >= 15 is 0 Å². The molecule has 0 aliphatic heterocycles. The molecular formula is C13H8ClN5. The number of H-pyrrole nitrogens is 1. The van der Waals surface area contributed by atoms with E-state index in [0.717, 1.165) is 5.52 Å². The van der Waals surface area contributed by atoms with Crippen molar-refractivity contribution in [3.63, 3.8) is 0 Å². The number of aromatic nitrogens is 3. The lowest BCUT2D eigenvalue weighted by Gasteiger charge is -1.94. The maximum atomic E-state index is 8.74. The number of rotatable bonds is 1. The Labute approximate surface area is 113 Å². The van der Waals surface area contributed by atoms with E-state index in [4.69, 9.17) is 22.6 Å². The van der Waals surface area contributed by atoms with E-state index in [1.54, 1.807) is 24.3 Å². The number of hydrogen-bond acceptors (Lipinski definition) is 4. The molecule has 5 nitrogen and oxygen atoms in total. The van der Waals surface area contributed by atoms with Crippen molar-refractivity contribution in [1.29, 1.82) is 5.26 Å². The highest BCUT2D eigenvalue weighted by Crippen LogP contribution is 2.26. The first-order valence-corrected chi connectivity index (χ1v) is 5.86. The van der Waals surface area contributed by atoms with Gasteiger partial charge in [0.25, 0.3) is 0 Å². The molecule has 19 heavy (non-hydrogen) atoms. The van der Waals surface area contributed by atoms with Gasteiger partial charge in [0.05, 0.1) is 16.8 Å². The average Bonchev–Trinajstić information content (AvgIpc) is 2.83. The summed E-state index contributed by atoms with van der Waals surface area (Å²) in [4.78, 5) is 11.7. The predicted octanol–water partition coefficient (Wildman–Crippen LogP) is 2.73. The van der Waals surface area contributed by atoms with Gasteiger partial charge in [-0.3, -0.25) is 4.98 Å². The maximum Gasteiger partial charge on any atom is 0.157 e. The lowest BCUT2D eigenvalue weighted by Crippen LogP contribution is -1.87. The third-order valence-electron chi connectivity index (χ3n) is 2.72. The van der Waals surface area contributed by atoms with Crippen LogP contribution in [0.5, 0.6) is 0 Å². The zero-order valence-corrected chi connectivity index (χ0v) is 10.4. The van der Waals surface area contributed by atoms with Gasteiger partial charge in [-0.05, 0) is 24.3 Å². The van der Waals surface area contributed by atoms with Gasteiger partial charge in [0, 0.05) is 11.2 Å². The number of fused-ring (bicyclic) bond motifs is 1. The molecule has 0 saturated heterocycles. The first-order chi connectivity index (χ1) is 9.17. The average molecular weight is 270 g/mol. The standard InChI is InChI=1S/C13H8ClN5/c14-8-3-9(16)12-11(4-8)18-13(19-12)10-2-1-7(5-15)6-17-10/h1-4,6H,16H2,(H,18,19). The molecule has 0 spiro atoms. The van der Waals surface area contributed by atoms with E-state index in [1.807, 2.05) is 6.07 Å². The van der Waals surface area contributed by atoms with Crippen LogP contribution in [0.15, 0.2) is 30.5 Å². The fraction of sp³-hybridized carbons (Fsp3) is 0. The smallest absolute Gasteiger partial charge is 0.157 e. The summed E-state index contributed by atoms with van der Waals surface area (Å²) in [5.74, 6) is 0.591. The van der Waals surface area contributed by atoms with Crippen molar-refractivity contribution in [3.8, 4) is 17.6 Å². The molecule has 3 N–H and O–H groups in total. The number of nitrogens with zero attached hydrogens (tertiary/aromatic N) is 3. The van der Waals surface area contributed by atoms with Gasteiger partial charge in [0.1, 0.15) is 17.3 Å². The van der Waals surface area contributed by atoms with Crippen molar-refractivity contribution in [2.75, 3.05) is 5.73 Å². The summed E-state index contributed by atoms with van der Waals surface area (Å²) < 4.78 is 0. The largest absolute Gasteiger partial charge is 0.397 e. The molecule has 0 aliphatic carbocycles. The van der Waals surface area contributed by atoms with E-state index in [9.17, 15) is 0 Å². The Morgan fingerprint density at radius 2 is 2.16 bits per heavy atom. The van der Waals surface area contributed by atoms with E-state index in [2.05, 4.69) is 15.0 Å². The van der Waals surface area contributed by atoms with Crippen molar-refractivity contribution >= 4 is 28.3 Å². The van der Waals surface area contributed by atoms with Crippen LogP contribution in [0.4, 0.5) is 5.69 Å². The number of anilines is 1. The molecule has 0 saturated carbocycles. The number of imidazole rings is 1. The molecule has 0 radical (unpaired) electrons. The summed E-state index contributed by atoms with van der Waals surface area (Å²) in [6.07, 6.45) is 1.50. The lowest BCUT2D eigenvalue weighted by atomic mass is 10.2. The second-order valence-electron chi connectivity index (χ2n) is 4.02. The van der Waals surface area contributed by atoms with Gasteiger partial charge in [-0.2, -0.15) is 5.26 Å². The Kier molecular flexibility index (Phi) is 2.58. The highest BCUT2D eigenvalue weighted by molar-refractivity contribution is 6.31. The van der Waals surface area contributed by atoms with Crippen molar-refractivity contribution in [3.05, 3.63) is 41.0 Å². The Hall–Kier alpha value is -2.58. The first-order valence-electron chi connectivity index (χ1n) is 5.48. The number of nitrogens with one attached hydrogen (secondary N) is 1. The monoisotopic (exact) mass is 269 g/mol. The van der Waals surface area contributed by atoms with Crippen LogP contribution in [0.2, 0.25) is 5.02 Å². The number of nitriles is 1. The third-order valence-corrected chi connectivity index (χ3v) is 2.93. The van der Waals surface area contributed by atoms with Gasteiger partial charge in [-0.15, -0.1) is 0 Å². The maximum absolute atomic E-state index is 8.74. The summed E-state index contributed by atoms with van der Waals surface area (Å²) in [6.45, 7) is 0. The fourth-order valence-electron chi connectivity index (χ4n) is 1.83. The molecule has 0 unspecified atom stereocenters. The zero-order chi connectivity index (χ0) is 13.4. The number of halogens is 1. The van der Waals surface area contributed by atoms with E-state index in [1.165, 1.54) is 6.20 Å². The zero-order valence-electron chi connectivity index (χ0n) is 9.68. The molecule has 3 rings (SSSR count). The minimum Gasteiger partial charge on any atom is -0.397 e. The molecule has 0 aliphatic rings. The molecule has 92 valence electrons. The van der Waals surface area contributed by atoms with Gasteiger partial charge in [0.15, 0.2) is 5.82 Å². The number of pyridine rings is 1. The lowest BCUT2D eigenvalue weighted by molar-refractivity contribution is 1.23. The molecule has 0 bridgehead atoms. The Morgan fingerprint density at radius 3 is 2.84 bits per heavy atom. The number of aromatic amines is 1. The summed E-state index contributed by atoms with van der Waals surface area (Å²) in [7, 11) is 0. The Morgan fingerprint density at radius 1 is 1.32 bits per heavy atom. The quantitative estimate of drug-likeness (QED) is 0.665. The second kappa shape index (κ2) is 4.26. The highest BCUT2D eigenvalue weighted by Gasteiger charge is 2.09. The molecule has 1 aromatic carbocycles. The Balaban J connectivity index is 2.15. The minimum absolute atomic E-state index is 0.502. The van der Waals surface area contributed by atoms with Crippen LogP contribution in [0, 0.1) is 11.3 Å². The highest BCUT2D eigenvalue weighted by atomic mass is 35.5.